The number of nitrogens with one attached hydrogen (secondary N) is 1. The standard InChI is InChI=1S/C20H33N5O/c1-15(2)5-4-6-16(3)13-24-11-9-18(10-12-24)25-14-19(22-23-25)20(26)21-17-7-8-17/h5,14,16-18H,4,6-13H2,1-3H3,(H,21,26)/t16-/m1/s1. The van der Waals surface area contributed by atoms with Crippen LogP contribution >= 0.6 is 0 Å². The van der Waals surface area contributed by atoms with Crippen molar-refractivity contribution in [1.29, 1.82) is 0 Å². The maximum atomic E-state index is 12.1. The fraction of sp³-hybridized carbons (Fsp3) is 0.750. The van der Waals surface area contributed by atoms with Crippen molar-refractivity contribution in [3.8, 4) is 0 Å². The smallest absolute Gasteiger partial charge is 0.273 e. The summed E-state index contributed by atoms with van der Waals surface area (Å²) in [6.45, 7) is 10.1. The number of piperidine rings is 1. The minimum absolute atomic E-state index is 0.0821. The highest BCUT2D eigenvalue weighted by Gasteiger charge is 2.26. The van der Waals surface area contributed by atoms with Crippen LogP contribution in [0.25, 0.3) is 0 Å². The molecule has 1 amide bonds. The maximum absolute atomic E-state index is 12.1. The van der Waals surface area contributed by atoms with Gasteiger partial charge in [0, 0.05) is 25.7 Å². The van der Waals surface area contributed by atoms with Gasteiger partial charge in [-0.05, 0) is 58.3 Å². The van der Waals surface area contributed by atoms with Crippen LogP contribution in [0.15, 0.2) is 17.8 Å². The fourth-order valence-corrected chi connectivity index (χ4v) is 3.60. The summed E-state index contributed by atoms with van der Waals surface area (Å²) < 4.78 is 1.90. The molecule has 2 fully saturated rings. The minimum Gasteiger partial charge on any atom is -0.348 e. The predicted molar refractivity (Wildman–Crippen MR) is 103 cm³/mol. The van der Waals surface area contributed by atoms with Gasteiger partial charge in [0.25, 0.3) is 5.91 Å². The molecule has 1 aromatic rings. The summed E-state index contributed by atoms with van der Waals surface area (Å²) in [5, 5.41) is 11.3. The van der Waals surface area contributed by atoms with Crippen molar-refractivity contribution in [3.63, 3.8) is 0 Å². The van der Waals surface area contributed by atoms with Gasteiger partial charge in [0.2, 0.25) is 0 Å². The predicted octanol–water partition coefficient (Wildman–Crippen LogP) is 3.19. The zero-order valence-electron chi connectivity index (χ0n) is 16.4. The van der Waals surface area contributed by atoms with Crippen molar-refractivity contribution in [3.05, 3.63) is 23.5 Å². The first kappa shape index (κ1) is 19.1. The maximum Gasteiger partial charge on any atom is 0.273 e. The lowest BCUT2D eigenvalue weighted by Gasteiger charge is -2.33. The second kappa shape index (κ2) is 8.80. The van der Waals surface area contributed by atoms with Crippen LogP contribution in [0.5, 0.6) is 0 Å². The number of likely N-dealkylation sites (tertiary alicyclic amines) is 1. The Hall–Kier alpha value is -1.69. The van der Waals surface area contributed by atoms with Gasteiger partial charge in [-0.25, -0.2) is 4.68 Å². The number of amides is 1. The topological polar surface area (TPSA) is 63.1 Å². The van der Waals surface area contributed by atoms with Gasteiger partial charge in [0.15, 0.2) is 5.69 Å². The molecule has 3 rings (SSSR count). The largest absolute Gasteiger partial charge is 0.348 e. The molecule has 1 atom stereocenters. The van der Waals surface area contributed by atoms with E-state index in [-0.39, 0.29) is 5.91 Å². The third-order valence-corrected chi connectivity index (χ3v) is 5.37. The molecule has 26 heavy (non-hydrogen) atoms. The summed E-state index contributed by atoms with van der Waals surface area (Å²) in [7, 11) is 0. The summed E-state index contributed by atoms with van der Waals surface area (Å²) in [6, 6.07) is 0.719. The lowest BCUT2D eigenvalue weighted by molar-refractivity contribution is 0.0946. The normalized spacial score (nSPS) is 20.0. The first-order valence-corrected chi connectivity index (χ1v) is 10.1. The molecule has 0 bridgehead atoms. The molecule has 1 aliphatic heterocycles. The number of carbonyl (C=O) groups is 1. The van der Waals surface area contributed by atoms with E-state index >= 15 is 0 Å². The van der Waals surface area contributed by atoms with Crippen molar-refractivity contribution in [2.45, 2.75) is 71.4 Å². The number of carbonyl (C=O) groups excluding carboxylic acids is 1. The highest BCUT2D eigenvalue weighted by molar-refractivity contribution is 5.92. The second-order valence-corrected chi connectivity index (χ2v) is 8.33. The van der Waals surface area contributed by atoms with Crippen LogP contribution in [-0.4, -0.2) is 51.5 Å². The van der Waals surface area contributed by atoms with E-state index in [1.807, 2.05) is 10.9 Å². The fourth-order valence-electron chi connectivity index (χ4n) is 3.60. The van der Waals surface area contributed by atoms with E-state index in [9.17, 15) is 4.79 Å². The van der Waals surface area contributed by atoms with E-state index in [0.717, 1.165) is 44.7 Å². The number of nitrogens with zero attached hydrogens (tertiary/aromatic N) is 4. The first-order chi connectivity index (χ1) is 12.5. The van der Waals surface area contributed by atoms with Gasteiger partial charge in [-0.2, -0.15) is 0 Å². The van der Waals surface area contributed by atoms with E-state index in [2.05, 4.69) is 47.4 Å². The number of allylic oxidation sites excluding steroid dienone is 2. The molecule has 1 aliphatic carbocycles. The van der Waals surface area contributed by atoms with E-state index in [1.165, 1.54) is 25.0 Å². The quantitative estimate of drug-likeness (QED) is 0.724. The molecule has 0 aromatic carbocycles. The van der Waals surface area contributed by atoms with Crippen molar-refractivity contribution in [2.75, 3.05) is 19.6 Å². The summed E-state index contributed by atoms with van der Waals surface area (Å²) >= 11 is 0. The SMILES string of the molecule is CC(C)=CCC[C@@H](C)CN1CCC(n2cc(C(=O)NC3CC3)nn2)CC1. The third-order valence-electron chi connectivity index (χ3n) is 5.37. The Labute approximate surface area is 157 Å². The molecular weight excluding hydrogens is 326 g/mol. The summed E-state index contributed by atoms with van der Waals surface area (Å²) in [5.41, 5.74) is 1.86. The van der Waals surface area contributed by atoms with Gasteiger partial charge < -0.3 is 10.2 Å². The molecule has 6 heteroatoms. The van der Waals surface area contributed by atoms with E-state index in [0.29, 0.717) is 17.8 Å². The van der Waals surface area contributed by atoms with E-state index in [1.54, 1.807) is 0 Å². The van der Waals surface area contributed by atoms with Crippen LogP contribution in [-0.2, 0) is 0 Å². The molecule has 0 spiro atoms. The Balaban J connectivity index is 1.41. The average molecular weight is 360 g/mol. The number of hydrogen-bond donors (Lipinski definition) is 1. The highest BCUT2D eigenvalue weighted by atomic mass is 16.2. The zero-order chi connectivity index (χ0) is 18.5. The Morgan fingerprint density at radius 1 is 1.31 bits per heavy atom. The lowest BCUT2D eigenvalue weighted by Crippen LogP contribution is -2.37. The van der Waals surface area contributed by atoms with Crippen LogP contribution in [0.2, 0.25) is 0 Å². The Kier molecular flexibility index (Phi) is 6.46. The van der Waals surface area contributed by atoms with E-state index < -0.39 is 0 Å². The van der Waals surface area contributed by atoms with Crippen LogP contribution < -0.4 is 5.32 Å². The average Bonchev–Trinajstić information content (AvgIpc) is 3.27. The highest BCUT2D eigenvalue weighted by Crippen LogP contribution is 2.23. The first-order valence-electron chi connectivity index (χ1n) is 10.1. The van der Waals surface area contributed by atoms with Gasteiger partial charge in [-0.15, -0.1) is 5.10 Å². The van der Waals surface area contributed by atoms with Crippen LogP contribution in [0, 0.1) is 5.92 Å². The molecular formula is C20H33N5O. The summed E-state index contributed by atoms with van der Waals surface area (Å²) in [5.74, 6) is 0.646. The Bertz CT molecular complexity index is 622. The van der Waals surface area contributed by atoms with Crippen molar-refractivity contribution >= 4 is 5.91 Å². The van der Waals surface area contributed by atoms with Gasteiger partial charge in [0.1, 0.15) is 0 Å². The monoisotopic (exact) mass is 359 g/mol. The zero-order valence-corrected chi connectivity index (χ0v) is 16.4. The van der Waals surface area contributed by atoms with Crippen molar-refractivity contribution < 1.29 is 4.79 Å². The van der Waals surface area contributed by atoms with Gasteiger partial charge in [0.05, 0.1) is 12.2 Å². The molecule has 2 aliphatic rings. The van der Waals surface area contributed by atoms with Crippen LogP contribution in [0.4, 0.5) is 0 Å². The molecule has 1 N–H and O–H groups in total. The molecule has 1 saturated heterocycles. The lowest BCUT2D eigenvalue weighted by atomic mass is 10.0. The molecule has 2 heterocycles. The van der Waals surface area contributed by atoms with E-state index in [4.69, 9.17) is 0 Å². The molecule has 1 aromatic heterocycles. The van der Waals surface area contributed by atoms with Crippen LogP contribution in [0.3, 0.4) is 0 Å². The van der Waals surface area contributed by atoms with Crippen molar-refractivity contribution in [2.24, 2.45) is 5.92 Å². The second-order valence-electron chi connectivity index (χ2n) is 8.33. The molecule has 0 unspecified atom stereocenters. The van der Waals surface area contributed by atoms with Gasteiger partial charge >= 0.3 is 0 Å². The molecule has 6 nitrogen and oxygen atoms in total. The number of aromatic nitrogens is 3. The molecule has 144 valence electrons. The van der Waals surface area contributed by atoms with Crippen LogP contribution in [0.1, 0.15) is 75.8 Å². The van der Waals surface area contributed by atoms with Gasteiger partial charge in [-0.3, -0.25) is 4.79 Å². The number of hydrogen-bond acceptors (Lipinski definition) is 4. The molecule has 1 saturated carbocycles. The third kappa shape index (κ3) is 5.66. The summed E-state index contributed by atoms with van der Waals surface area (Å²) in [6.07, 6.45) is 10.9. The van der Waals surface area contributed by atoms with Crippen molar-refractivity contribution in [1.82, 2.24) is 25.2 Å². The Morgan fingerprint density at radius 3 is 2.69 bits per heavy atom. The summed E-state index contributed by atoms with van der Waals surface area (Å²) in [4.78, 5) is 14.6. The Morgan fingerprint density at radius 2 is 2.04 bits per heavy atom. The van der Waals surface area contributed by atoms with Gasteiger partial charge in [-0.1, -0.05) is 23.8 Å². The minimum atomic E-state index is -0.0821. The molecule has 0 radical (unpaired) electrons. The number of rotatable bonds is 8.